The van der Waals surface area contributed by atoms with Gasteiger partial charge in [-0.15, -0.1) is 0 Å². The maximum atomic E-state index is 13.1. The van der Waals surface area contributed by atoms with Gasteiger partial charge in [-0.05, 0) is 71.2 Å². The fourth-order valence-corrected chi connectivity index (χ4v) is 5.21. The van der Waals surface area contributed by atoms with Crippen LogP contribution in [0.15, 0.2) is 88.4 Å². The summed E-state index contributed by atoms with van der Waals surface area (Å²) in [4.78, 5) is 12.6. The predicted molar refractivity (Wildman–Crippen MR) is 126 cm³/mol. The van der Waals surface area contributed by atoms with Crippen molar-refractivity contribution in [2.24, 2.45) is 0 Å². The highest BCUT2D eigenvalue weighted by Crippen LogP contribution is 2.24. The number of carbonyl (C=O) groups excluding carboxylic acids is 1. The van der Waals surface area contributed by atoms with E-state index in [2.05, 4.69) is 21.2 Å². The van der Waals surface area contributed by atoms with E-state index in [4.69, 9.17) is 0 Å². The fourth-order valence-electron chi connectivity index (χ4n) is 3.40. The van der Waals surface area contributed by atoms with E-state index >= 15 is 0 Å². The molecule has 0 aliphatic rings. The molecular weight excluding hydrogens is 476 g/mol. The van der Waals surface area contributed by atoms with Crippen LogP contribution in [0.4, 0.5) is 0 Å². The molecular formula is C24H21BrN2O3S. The Morgan fingerprint density at radius 2 is 1.74 bits per heavy atom. The third-order valence-electron chi connectivity index (χ3n) is 5.12. The number of nitrogens with one attached hydrogen (secondary N) is 1. The largest absolute Gasteiger partial charge is 0.352 e. The minimum absolute atomic E-state index is 0.154. The molecule has 31 heavy (non-hydrogen) atoms. The Morgan fingerprint density at radius 3 is 2.48 bits per heavy atom. The van der Waals surface area contributed by atoms with Crippen LogP contribution in [0.25, 0.3) is 10.9 Å². The first kappa shape index (κ1) is 21.3. The second-order valence-corrected chi connectivity index (χ2v) is 9.98. The minimum atomic E-state index is -3.69. The number of rotatable bonds is 6. The Bertz CT molecular complexity index is 1360. The summed E-state index contributed by atoms with van der Waals surface area (Å²) in [5.41, 5.74) is 3.15. The molecule has 1 N–H and O–H groups in total. The van der Waals surface area contributed by atoms with E-state index in [0.29, 0.717) is 24.0 Å². The topological polar surface area (TPSA) is 68.2 Å². The van der Waals surface area contributed by atoms with E-state index in [1.165, 1.54) is 3.97 Å². The van der Waals surface area contributed by atoms with Crippen LogP contribution in [0.1, 0.15) is 21.5 Å². The quantitative estimate of drug-likeness (QED) is 0.411. The van der Waals surface area contributed by atoms with Crippen LogP contribution in [0.3, 0.4) is 0 Å². The van der Waals surface area contributed by atoms with Gasteiger partial charge in [0.1, 0.15) is 0 Å². The Balaban J connectivity index is 1.54. The number of carbonyl (C=O) groups is 1. The van der Waals surface area contributed by atoms with Gasteiger partial charge in [0, 0.05) is 22.6 Å². The molecule has 0 saturated carbocycles. The Kier molecular flexibility index (Phi) is 5.98. The summed E-state index contributed by atoms with van der Waals surface area (Å²) < 4.78 is 28.3. The lowest BCUT2D eigenvalue weighted by atomic mass is 10.1. The second kappa shape index (κ2) is 8.69. The first-order valence-electron chi connectivity index (χ1n) is 9.81. The van der Waals surface area contributed by atoms with Gasteiger partial charge >= 0.3 is 0 Å². The zero-order valence-electron chi connectivity index (χ0n) is 16.9. The number of halogens is 1. The Hall–Kier alpha value is -2.90. The van der Waals surface area contributed by atoms with Crippen molar-refractivity contribution in [2.75, 3.05) is 6.54 Å². The van der Waals surface area contributed by atoms with Gasteiger partial charge in [0.2, 0.25) is 0 Å². The maximum Gasteiger partial charge on any atom is 0.268 e. The molecule has 1 amide bonds. The summed E-state index contributed by atoms with van der Waals surface area (Å²) in [6.45, 7) is 2.36. The van der Waals surface area contributed by atoms with E-state index in [9.17, 15) is 13.2 Å². The first-order chi connectivity index (χ1) is 14.9. The van der Waals surface area contributed by atoms with Crippen LogP contribution in [0.2, 0.25) is 0 Å². The van der Waals surface area contributed by atoms with Gasteiger partial charge in [0.05, 0.1) is 16.0 Å². The smallest absolute Gasteiger partial charge is 0.268 e. The molecule has 1 aromatic heterocycles. The first-order valence-corrected chi connectivity index (χ1v) is 12.0. The summed E-state index contributed by atoms with van der Waals surface area (Å²) in [5, 5.41) is 3.76. The zero-order valence-corrected chi connectivity index (χ0v) is 19.3. The standard InChI is InChI=1S/C24H21BrN2O3S/c1-17-6-10-20(11-7-17)31(29,30)27-15-13-19-9-8-18(16-23(19)27)12-14-26-24(28)21-4-2-3-5-22(21)25/h2-11,13,15-16H,12,14H2,1H3,(H,26,28). The molecule has 0 aliphatic heterocycles. The van der Waals surface area contributed by atoms with Crippen LogP contribution in [0, 0.1) is 6.92 Å². The van der Waals surface area contributed by atoms with Crippen LogP contribution in [0.5, 0.6) is 0 Å². The van der Waals surface area contributed by atoms with Crippen molar-refractivity contribution in [3.63, 3.8) is 0 Å². The summed E-state index contributed by atoms with van der Waals surface area (Å²) in [5.74, 6) is -0.154. The number of nitrogens with zero attached hydrogens (tertiary/aromatic N) is 1. The third kappa shape index (κ3) is 4.43. The van der Waals surface area contributed by atoms with Crippen LogP contribution >= 0.6 is 15.9 Å². The molecule has 3 aromatic carbocycles. The summed E-state index contributed by atoms with van der Waals surface area (Å²) in [6, 6.07) is 21.6. The lowest BCUT2D eigenvalue weighted by Crippen LogP contribution is -2.26. The lowest BCUT2D eigenvalue weighted by molar-refractivity contribution is 0.0953. The number of benzene rings is 3. The number of hydrogen-bond acceptors (Lipinski definition) is 3. The molecule has 0 saturated heterocycles. The van der Waals surface area contributed by atoms with E-state index in [0.717, 1.165) is 21.0 Å². The zero-order chi connectivity index (χ0) is 22.0. The molecule has 4 rings (SSSR count). The van der Waals surface area contributed by atoms with Crippen molar-refractivity contribution in [3.8, 4) is 0 Å². The molecule has 7 heteroatoms. The van der Waals surface area contributed by atoms with Crippen molar-refractivity contribution in [1.29, 1.82) is 0 Å². The number of aromatic nitrogens is 1. The molecule has 0 atom stereocenters. The highest BCUT2D eigenvalue weighted by atomic mass is 79.9. The number of aryl methyl sites for hydroxylation is 1. The van der Waals surface area contributed by atoms with Crippen molar-refractivity contribution >= 4 is 42.8 Å². The normalized spacial score (nSPS) is 11.5. The molecule has 0 bridgehead atoms. The summed E-state index contributed by atoms with van der Waals surface area (Å²) in [7, 11) is -3.69. The van der Waals surface area contributed by atoms with Crippen LogP contribution in [-0.4, -0.2) is 24.8 Å². The second-order valence-electron chi connectivity index (χ2n) is 7.31. The van der Waals surface area contributed by atoms with E-state index < -0.39 is 10.0 Å². The predicted octanol–water partition coefficient (Wildman–Crippen LogP) is 4.92. The monoisotopic (exact) mass is 496 g/mol. The molecule has 0 radical (unpaired) electrons. The van der Waals surface area contributed by atoms with Crippen molar-refractivity contribution in [3.05, 3.63) is 100 Å². The van der Waals surface area contributed by atoms with Gasteiger partial charge in [-0.1, -0.05) is 42.0 Å². The molecule has 0 aliphatic carbocycles. The van der Waals surface area contributed by atoms with E-state index in [1.807, 2.05) is 43.3 Å². The molecule has 0 spiro atoms. The Morgan fingerprint density at radius 1 is 1.00 bits per heavy atom. The SMILES string of the molecule is Cc1ccc(S(=O)(=O)n2ccc3ccc(CCNC(=O)c4ccccc4Br)cc32)cc1. The van der Waals surface area contributed by atoms with Gasteiger partial charge in [0.25, 0.3) is 15.9 Å². The third-order valence-corrected chi connectivity index (χ3v) is 7.51. The lowest BCUT2D eigenvalue weighted by Gasteiger charge is -2.10. The minimum Gasteiger partial charge on any atom is -0.352 e. The highest BCUT2D eigenvalue weighted by Gasteiger charge is 2.19. The van der Waals surface area contributed by atoms with Crippen molar-refractivity contribution in [1.82, 2.24) is 9.29 Å². The highest BCUT2D eigenvalue weighted by molar-refractivity contribution is 9.10. The molecule has 0 unspecified atom stereocenters. The van der Waals surface area contributed by atoms with Gasteiger partial charge in [-0.3, -0.25) is 4.79 Å². The fraction of sp³-hybridized carbons (Fsp3) is 0.125. The maximum absolute atomic E-state index is 13.1. The molecule has 5 nitrogen and oxygen atoms in total. The molecule has 1 heterocycles. The van der Waals surface area contributed by atoms with Crippen LogP contribution < -0.4 is 5.32 Å². The average molecular weight is 497 g/mol. The number of amides is 1. The summed E-state index contributed by atoms with van der Waals surface area (Å²) >= 11 is 3.39. The number of hydrogen-bond donors (Lipinski definition) is 1. The van der Waals surface area contributed by atoms with Crippen molar-refractivity contribution < 1.29 is 13.2 Å². The van der Waals surface area contributed by atoms with Gasteiger partial charge in [-0.2, -0.15) is 0 Å². The van der Waals surface area contributed by atoms with E-state index in [-0.39, 0.29) is 10.8 Å². The van der Waals surface area contributed by atoms with Gasteiger partial charge < -0.3 is 5.32 Å². The molecule has 0 fully saturated rings. The Labute approximate surface area is 189 Å². The van der Waals surface area contributed by atoms with Gasteiger partial charge in [0.15, 0.2) is 0 Å². The summed E-state index contributed by atoms with van der Waals surface area (Å²) in [6.07, 6.45) is 2.17. The van der Waals surface area contributed by atoms with Crippen LogP contribution in [-0.2, 0) is 16.4 Å². The molecule has 4 aromatic rings. The molecule has 158 valence electrons. The number of fused-ring (bicyclic) bond motifs is 1. The van der Waals surface area contributed by atoms with Gasteiger partial charge in [-0.25, -0.2) is 12.4 Å². The van der Waals surface area contributed by atoms with E-state index in [1.54, 1.807) is 42.6 Å². The van der Waals surface area contributed by atoms with Crippen molar-refractivity contribution in [2.45, 2.75) is 18.2 Å². The average Bonchev–Trinajstić information content (AvgIpc) is 3.18.